The highest BCUT2D eigenvalue weighted by atomic mass is 32.2. The summed E-state index contributed by atoms with van der Waals surface area (Å²) in [5.74, 6) is 0.256. The number of rotatable bonds is 6. The molecular formula is C16H16N2O3S. The monoisotopic (exact) mass is 316 g/mol. The lowest BCUT2D eigenvalue weighted by Gasteiger charge is -2.18. The zero-order valence-electron chi connectivity index (χ0n) is 12.1. The van der Waals surface area contributed by atoms with Crippen LogP contribution < -0.4 is 5.32 Å². The van der Waals surface area contributed by atoms with E-state index in [9.17, 15) is 14.9 Å². The molecule has 114 valence electrons. The second kappa shape index (κ2) is 7.61. The summed E-state index contributed by atoms with van der Waals surface area (Å²) in [7, 11) is 0. The summed E-state index contributed by atoms with van der Waals surface area (Å²) in [6.07, 6.45) is 1.95. The second-order valence-corrected chi connectivity index (χ2v) is 5.58. The smallest absolute Gasteiger partial charge is 0.282 e. The van der Waals surface area contributed by atoms with E-state index in [0.717, 1.165) is 5.56 Å². The van der Waals surface area contributed by atoms with Gasteiger partial charge in [0.15, 0.2) is 0 Å². The van der Waals surface area contributed by atoms with Crippen molar-refractivity contribution in [2.75, 3.05) is 12.0 Å². The third-order valence-corrected chi connectivity index (χ3v) is 3.85. The standard InChI is InChI=1S/C16H16N2O3S/c1-22-11-14(12-7-3-2-4-8-12)17-16(19)13-9-5-6-10-15(13)18(20)21/h2-10,14H,11H2,1H3,(H,17,19). The van der Waals surface area contributed by atoms with E-state index in [1.165, 1.54) is 12.1 Å². The Kier molecular flexibility index (Phi) is 5.55. The molecule has 2 aromatic rings. The molecule has 0 heterocycles. The summed E-state index contributed by atoms with van der Waals surface area (Å²) in [6.45, 7) is 0. The maximum absolute atomic E-state index is 12.4. The molecule has 5 nitrogen and oxygen atoms in total. The Balaban J connectivity index is 2.24. The minimum absolute atomic E-state index is 0.0783. The highest BCUT2D eigenvalue weighted by molar-refractivity contribution is 7.98. The van der Waals surface area contributed by atoms with Gasteiger partial charge in [0.2, 0.25) is 0 Å². The van der Waals surface area contributed by atoms with Crippen molar-refractivity contribution in [3.8, 4) is 0 Å². The first-order chi connectivity index (χ1) is 10.6. The molecule has 0 bridgehead atoms. The molecule has 0 radical (unpaired) electrons. The first kappa shape index (κ1) is 16.0. The predicted molar refractivity (Wildman–Crippen MR) is 88.1 cm³/mol. The van der Waals surface area contributed by atoms with Gasteiger partial charge >= 0.3 is 0 Å². The van der Waals surface area contributed by atoms with Gasteiger partial charge in [0, 0.05) is 11.8 Å². The van der Waals surface area contributed by atoms with Gasteiger partial charge in [-0.2, -0.15) is 11.8 Å². The number of hydrogen-bond acceptors (Lipinski definition) is 4. The summed E-state index contributed by atoms with van der Waals surface area (Å²) in [6, 6.07) is 15.3. The van der Waals surface area contributed by atoms with E-state index >= 15 is 0 Å². The van der Waals surface area contributed by atoms with Gasteiger partial charge in [-0.1, -0.05) is 42.5 Å². The molecule has 0 fully saturated rings. The lowest BCUT2D eigenvalue weighted by atomic mass is 10.1. The molecule has 0 aliphatic heterocycles. The van der Waals surface area contributed by atoms with Gasteiger partial charge < -0.3 is 5.32 Å². The minimum Gasteiger partial charge on any atom is -0.344 e. The second-order valence-electron chi connectivity index (χ2n) is 4.67. The van der Waals surface area contributed by atoms with E-state index in [-0.39, 0.29) is 17.3 Å². The Hall–Kier alpha value is -2.34. The van der Waals surface area contributed by atoms with Crippen LogP contribution >= 0.6 is 11.8 Å². The number of nitro benzene ring substituents is 1. The molecule has 0 aromatic heterocycles. The molecule has 0 aliphatic rings. The average Bonchev–Trinajstić information content (AvgIpc) is 2.55. The zero-order chi connectivity index (χ0) is 15.9. The zero-order valence-corrected chi connectivity index (χ0v) is 12.9. The number of nitrogens with zero attached hydrogens (tertiary/aromatic N) is 1. The van der Waals surface area contributed by atoms with Crippen LogP contribution in [0.25, 0.3) is 0 Å². The van der Waals surface area contributed by atoms with Crippen LogP contribution in [-0.4, -0.2) is 22.8 Å². The molecule has 1 amide bonds. The normalized spacial score (nSPS) is 11.7. The number of nitrogens with one attached hydrogen (secondary N) is 1. The van der Waals surface area contributed by atoms with Crippen LogP contribution in [0.4, 0.5) is 5.69 Å². The number of thioether (sulfide) groups is 1. The highest BCUT2D eigenvalue weighted by Crippen LogP contribution is 2.21. The molecule has 0 saturated heterocycles. The first-order valence-electron chi connectivity index (χ1n) is 6.71. The number of nitro groups is 1. The van der Waals surface area contributed by atoms with E-state index in [4.69, 9.17) is 0 Å². The molecule has 0 saturated carbocycles. The highest BCUT2D eigenvalue weighted by Gasteiger charge is 2.22. The Labute approximate surface area is 132 Å². The van der Waals surface area contributed by atoms with Crippen molar-refractivity contribution in [3.63, 3.8) is 0 Å². The molecule has 1 unspecified atom stereocenters. The third kappa shape index (κ3) is 3.85. The number of para-hydroxylation sites is 1. The van der Waals surface area contributed by atoms with Gasteiger partial charge in [-0.05, 0) is 17.9 Å². The minimum atomic E-state index is -0.541. The topological polar surface area (TPSA) is 72.2 Å². The van der Waals surface area contributed by atoms with Crippen molar-refractivity contribution in [2.24, 2.45) is 0 Å². The lowest BCUT2D eigenvalue weighted by molar-refractivity contribution is -0.385. The fourth-order valence-corrected chi connectivity index (χ4v) is 2.74. The van der Waals surface area contributed by atoms with E-state index in [1.54, 1.807) is 23.9 Å². The summed E-state index contributed by atoms with van der Waals surface area (Å²) in [5, 5.41) is 13.9. The molecule has 6 heteroatoms. The van der Waals surface area contributed by atoms with Crippen molar-refractivity contribution >= 4 is 23.4 Å². The van der Waals surface area contributed by atoms with Crippen LogP contribution in [0.5, 0.6) is 0 Å². The van der Waals surface area contributed by atoms with Crippen molar-refractivity contribution < 1.29 is 9.72 Å². The van der Waals surface area contributed by atoms with E-state index in [2.05, 4.69) is 5.32 Å². The molecule has 2 aromatic carbocycles. The van der Waals surface area contributed by atoms with E-state index < -0.39 is 10.8 Å². The molecule has 1 N–H and O–H groups in total. The number of carbonyl (C=O) groups excluding carboxylic acids is 1. The number of hydrogen-bond donors (Lipinski definition) is 1. The maximum atomic E-state index is 12.4. The Morgan fingerprint density at radius 3 is 2.45 bits per heavy atom. The average molecular weight is 316 g/mol. The van der Waals surface area contributed by atoms with Gasteiger partial charge in [-0.15, -0.1) is 0 Å². The number of carbonyl (C=O) groups is 1. The Bertz CT molecular complexity index is 661. The largest absolute Gasteiger partial charge is 0.344 e. The van der Waals surface area contributed by atoms with Crippen molar-refractivity contribution in [1.82, 2.24) is 5.32 Å². The lowest BCUT2D eigenvalue weighted by Crippen LogP contribution is -2.30. The Morgan fingerprint density at radius 1 is 1.18 bits per heavy atom. The number of amides is 1. The fraction of sp³-hybridized carbons (Fsp3) is 0.188. The van der Waals surface area contributed by atoms with Crippen LogP contribution in [0.15, 0.2) is 54.6 Å². The van der Waals surface area contributed by atoms with Gasteiger partial charge in [0.05, 0.1) is 11.0 Å². The van der Waals surface area contributed by atoms with Crippen molar-refractivity contribution in [3.05, 3.63) is 75.8 Å². The molecule has 0 aliphatic carbocycles. The maximum Gasteiger partial charge on any atom is 0.282 e. The first-order valence-corrected chi connectivity index (χ1v) is 8.11. The van der Waals surface area contributed by atoms with Gasteiger partial charge in [0.1, 0.15) is 5.56 Å². The summed E-state index contributed by atoms with van der Waals surface area (Å²) < 4.78 is 0. The molecule has 1 atom stereocenters. The van der Waals surface area contributed by atoms with Crippen molar-refractivity contribution in [2.45, 2.75) is 6.04 Å². The van der Waals surface area contributed by atoms with Gasteiger partial charge in [-0.25, -0.2) is 0 Å². The third-order valence-electron chi connectivity index (χ3n) is 3.19. The summed E-state index contributed by atoms with van der Waals surface area (Å²) >= 11 is 1.60. The van der Waals surface area contributed by atoms with Crippen LogP contribution in [-0.2, 0) is 0 Å². The quantitative estimate of drug-likeness (QED) is 0.654. The SMILES string of the molecule is CSCC(NC(=O)c1ccccc1[N+](=O)[O-])c1ccccc1. The predicted octanol–water partition coefficient (Wildman–Crippen LogP) is 3.43. The van der Waals surface area contributed by atoms with Gasteiger partial charge in [0.25, 0.3) is 11.6 Å². The summed E-state index contributed by atoms with van der Waals surface area (Å²) in [4.78, 5) is 22.9. The van der Waals surface area contributed by atoms with Crippen LogP contribution in [0.1, 0.15) is 22.0 Å². The van der Waals surface area contributed by atoms with Crippen LogP contribution in [0.2, 0.25) is 0 Å². The molecule has 22 heavy (non-hydrogen) atoms. The molecule has 0 spiro atoms. The molecule has 2 rings (SSSR count). The fourth-order valence-electron chi connectivity index (χ4n) is 2.13. The van der Waals surface area contributed by atoms with E-state index in [1.807, 2.05) is 36.6 Å². The van der Waals surface area contributed by atoms with Crippen LogP contribution in [0.3, 0.4) is 0 Å². The molecular weight excluding hydrogens is 300 g/mol. The van der Waals surface area contributed by atoms with Crippen LogP contribution in [0, 0.1) is 10.1 Å². The van der Waals surface area contributed by atoms with E-state index in [0.29, 0.717) is 5.75 Å². The number of benzene rings is 2. The Morgan fingerprint density at radius 2 is 1.82 bits per heavy atom. The summed E-state index contributed by atoms with van der Waals surface area (Å²) in [5.41, 5.74) is 0.870. The van der Waals surface area contributed by atoms with Crippen molar-refractivity contribution in [1.29, 1.82) is 0 Å². The van der Waals surface area contributed by atoms with Gasteiger partial charge in [-0.3, -0.25) is 14.9 Å².